The molecule has 88 valence electrons. The Labute approximate surface area is 103 Å². The highest BCUT2D eigenvalue weighted by molar-refractivity contribution is 8.14. The lowest BCUT2D eigenvalue weighted by molar-refractivity contribution is 0.265. The summed E-state index contributed by atoms with van der Waals surface area (Å²) >= 11 is 6.62. The maximum atomic E-state index is 11.7. The molecule has 0 aliphatic heterocycles. The van der Waals surface area contributed by atoms with Crippen molar-refractivity contribution in [2.75, 3.05) is 5.75 Å². The van der Waals surface area contributed by atoms with E-state index in [4.69, 9.17) is 11.6 Å². The van der Waals surface area contributed by atoms with Crippen LogP contribution in [0.4, 0.5) is 4.79 Å². The van der Waals surface area contributed by atoms with Crippen LogP contribution < -0.4 is 4.72 Å². The van der Waals surface area contributed by atoms with E-state index in [9.17, 15) is 13.2 Å². The van der Waals surface area contributed by atoms with Crippen molar-refractivity contribution in [3.63, 3.8) is 0 Å². The van der Waals surface area contributed by atoms with E-state index in [1.54, 1.807) is 13.0 Å². The minimum atomic E-state index is -3.86. The van der Waals surface area contributed by atoms with Crippen molar-refractivity contribution in [1.82, 2.24) is 4.72 Å². The Hall–Kier alpha value is -0.720. The molecule has 0 bridgehead atoms. The van der Waals surface area contributed by atoms with Crippen molar-refractivity contribution in [2.24, 2.45) is 0 Å². The van der Waals surface area contributed by atoms with Gasteiger partial charge in [-0.3, -0.25) is 4.79 Å². The first-order valence-corrected chi connectivity index (χ1v) is 7.26. The summed E-state index contributed by atoms with van der Waals surface area (Å²) in [6.07, 6.45) is 0. The lowest BCUT2D eigenvalue weighted by Crippen LogP contribution is -2.27. The van der Waals surface area contributed by atoms with Gasteiger partial charge in [0.05, 0.1) is 5.02 Å². The summed E-state index contributed by atoms with van der Waals surface area (Å²) in [5.41, 5.74) is 0. The van der Waals surface area contributed by atoms with Crippen LogP contribution in [0.25, 0.3) is 0 Å². The first-order valence-electron chi connectivity index (χ1n) is 4.41. The zero-order valence-corrected chi connectivity index (χ0v) is 10.8. The van der Waals surface area contributed by atoms with Gasteiger partial charge in [0, 0.05) is 0 Å². The monoisotopic (exact) mass is 279 g/mol. The van der Waals surface area contributed by atoms with Crippen LogP contribution in [0.1, 0.15) is 6.92 Å². The summed E-state index contributed by atoms with van der Waals surface area (Å²) in [6, 6.07) is 5.95. The van der Waals surface area contributed by atoms with Gasteiger partial charge in [0.1, 0.15) is 4.90 Å². The van der Waals surface area contributed by atoms with E-state index < -0.39 is 15.3 Å². The number of halogens is 1. The highest BCUT2D eigenvalue weighted by Crippen LogP contribution is 2.20. The summed E-state index contributed by atoms with van der Waals surface area (Å²) in [4.78, 5) is 11.1. The van der Waals surface area contributed by atoms with Crippen molar-refractivity contribution in [2.45, 2.75) is 11.8 Å². The summed E-state index contributed by atoms with van der Waals surface area (Å²) in [6.45, 7) is 1.76. The number of sulfonamides is 1. The second kappa shape index (κ2) is 5.56. The minimum absolute atomic E-state index is 0.0873. The molecular formula is C9H10ClNO3S2. The largest absolute Gasteiger partial charge is 0.292 e. The normalized spacial score (nSPS) is 11.1. The van der Waals surface area contributed by atoms with Crippen LogP contribution in [-0.2, 0) is 10.0 Å². The highest BCUT2D eigenvalue weighted by atomic mass is 35.5. The molecule has 1 aromatic rings. The first-order chi connectivity index (χ1) is 7.47. The average Bonchev–Trinajstić information content (AvgIpc) is 2.17. The van der Waals surface area contributed by atoms with E-state index in [0.717, 1.165) is 11.8 Å². The van der Waals surface area contributed by atoms with Gasteiger partial charge < -0.3 is 0 Å². The average molecular weight is 280 g/mol. The molecule has 0 aromatic heterocycles. The standard InChI is InChI=1S/C9H10ClNO3S2/c1-2-15-9(12)11-16(13,14)8-6-4-3-5-7(8)10/h3-6H,2H2,1H3,(H,11,12). The molecule has 7 heteroatoms. The molecule has 0 saturated carbocycles. The Morgan fingerprint density at radius 1 is 1.44 bits per heavy atom. The molecule has 1 aromatic carbocycles. The Morgan fingerprint density at radius 2 is 2.06 bits per heavy atom. The van der Waals surface area contributed by atoms with Gasteiger partial charge >= 0.3 is 0 Å². The van der Waals surface area contributed by atoms with Crippen molar-refractivity contribution in [3.8, 4) is 0 Å². The van der Waals surface area contributed by atoms with Gasteiger partial charge in [-0.25, -0.2) is 13.1 Å². The molecule has 0 spiro atoms. The van der Waals surface area contributed by atoms with E-state index in [1.807, 2.05) is 4.72 Å². The third-order valence-corrected chi connectivity index (χ3v) is 4.23. The van der Waals surface area contributed by atoms with E-state index in [1.165, 1.54) is 18.2 Å². The Kier molecular flexibility index (Phi) is 4.64. The maximum Gasteiger partial charge on any atom is 0.292 e. The summed E-state index contributed by atoms with van der Waals surface area (Å²) < 4.78 is 25.3. The molecule has 4 nitrogen and oxygen atoms in total. The third-order valence-electron chi connectivity index (χ3n) is 1.62. The Balaban J connectivity index is 2.95. The molecular weight excluding hydrogens is 270 g/mol. The lowest BCUT2D eigenvalue weighted by Gasteiger charge is -2.06. The third kappa shape index (κ3) is 3.40. The topological polar surface area (TPSA) is 63.2 Å². The van der Waals surface area contributed by atoms with Crippen LogP contribution >= 0.6 is 23.4 Å². The number of carbonyl (C=O) groups is 1. The number of amides is 1. The van der Waals surface area contributed by atoms with E-state index in [0.29, 0.717) is 5.75 Å². The van der Waals surface area contributed by atoms with Crippen LogP contribution in [0, 0.1) is 0 Å². The molecule has 0 aliphatic carbocycles. The molecule has 1 rings (SSSR count). The Bertz CT molecular complexity index is 487. The van der Waals surface area contributed by atoms with Crippen LogP contribution in [0.15, 0.2) is 29.2 Å². The number of carbonyl (C=O) groups excluding carboxylic acids is 1. The molecule has 0 aliphatic rings. The first kappa shape index (κ1) is 13.3. The van der Waals surface area contributed by atoms with E-state index >= 15 is 0 Å². The number of nitrogens with one attached hydrogen (secondary N) is 1. The van der Waals surface area contributed by atoms with Crippen molar-refractivity contribution >= 4 is 38.6 Å². The van der Waals surface area contributed by atoms with Gasteiger partial charge in [0.15, 0.2) is 0 Å². The van der Waals surface area contributed by atoms with Gasteiger partial charge in [0.2, 0.25) is 0 Å². The van der Waals surface area contributed by atoms with Gasteiger partial charge in [-0.2, -0.15) is 0 Å². The fourth-order valence-corrected chi connectivity index (χ4v) is 3.17. The molecule has 1 amide bonds. The van der Waals surface area contributed by atoms with Gasteiger partial charge in [-0.1, -0.05) is 42.4 Å². The second-order valence-corrected chi connectivity index (χ2v) is 6.05. The minimum Gasteiger partial charge on any atom is -0.261 e. The molecule has 0 atom stereocenters. The number of thioether (sulfide) groups is 1. The molecule has 0 saturated heterocycles. The SMILES string of the molecule is CCSC(=O)NS(=O)(=O)c1ccccc1Cl. The fraction of sp³-hybridized carbons (Fsp3) is 0.222. The predicted molar refractivity (Wildman–Crippen MR) is 65.3 cm³/mol. The van der Waals surface area contributed by atoms with Crippen molar-refractivity contribution < 1.29 is 13.2 Å². The van der Waals surface area contributed by atoms with Crippen molar-refractivity contribution in [3.05, 3.63) is 29.3 Å². The van der Waals surface area contributed by atoms with Crippen molar-refractivity contribution in [1.29, 1.82) is 0 Å². The number of benzene rings is 1. The molecule has 16 heavy (non-hydrogen) atoms. The molecule has 1 N–H and O–H groups in total. The zero-order valence-electron chi connectivity index (χ0n) is 8.44. The summed E-state index contributed by atoms with van der Waals surface area (Å²) in [5.74, 6) is 0.504. The number of hydrogen-bond acceptors (Lipinski definition) is 4. The van der Waals surface area contributed by atoms with Gasteiger partial charge in [0.25, 0.3) is 15.3 Å². The van der Waals surface area contributed by atoms with Gasteiger partial charge in [-0.05, 0) is 17.9 Å². The summed E-state index contributed by atoms with van der Waals surface area (Å²) in [7, 11) is -3.86. The Morgan fingerprint density at radius 3 is 2.62 bits per heavy atom. The quantitative estimate of drug-likeness (QED) is 0.923. The van der Waals surface area contributed by atoms with Crippen LogP contribution in [0.2, 0.25) is 5.02 Å². The summed E-state index contributed by atoms with van der Waals surface area (Å²) in [5, 5.41) is -0.522. The maximum absolute atomic E-state index is 11.7. The van der Waals surface area contributed by atoms with Crippen LogP contribution in [0.5, 0.6) is 0 Å². The number of hydrogen-bond donors (Lipinski definition) is 1. The number of rotatable bonds is 3. The predicted octanol–water partition coefficient (Wildman–Crippen LogP) is 2.49. The molecule has 0 radical (unpaired) electrons. The molecule has 0 unspecified atom stereocenters. The zero-order chi connectivity index (χ0) is 12.2. The van der Waals surface area contributed by atoms with Crippen LogP contribution in [0.3, 0.4) is 0 Å². The van der Waals surface area contributed by atoms with Gasteiger partial charge in [-0.15, -0.1) is 0 Å². The van der Waals surface area contributed by atoms with Crippen LogP contribution in [-0.4, -0.2) is 19.4 Å². The fourth-order valence-electron chi connectivity index (χ4n) is 0.988. The molecule has 0 heterocycles. The van der Waals surface area contributed by atoms with E-state index in [2.05, 4.69) is 0 Å². The smallest absolute Gasteiger partial charge is 0.261 e. The van der Waals surface area contributed by atoms with E-state index in [-0.39, 0.29) is 9.92 Å². The highest BCUT2D eigenvalue weighted by Gasteiger charge is 2.19. The second-order valence-electron chi connectivity index (χ2n) is 2.76. The lowest BCUT2D eigenvalue weighted by atomic mass is 10.4. The molecule has 0 fully saturated rings.